The van der Waals surface area contributed by atoms with E-state index in [9.17, 15) is 96.8 Å². The third kappa shape index (κ3) is 31.3. The highest BCUT2D eigenvalue weighted by atomic mass is 16.3. The van der Waals surface area contributed by atoms with Crippen molar-refractivity contribution in [2.45, 2.75) is 225 Å². The summed E-state index contributed by atoms with van der Waals surface area (Å²) in [4.78, 5) is 243. The minimum absolute atomic E-state index is 0.0153. The number of aromatic hydroxyl groups is 1. The lowest BCUT2D eigenvalue weighted by Gasteiger charge is -2.28. The highest BCUT2D eigenvalue weighted by Crippen LogP contribution is 2.22. The number of aliphatic hydroxyl groups excluding tert-OH is 2. The first-order chi connectivity index (χ1) is 56.1. The maximum Gasteiger partial charge on any atom is 0.245 e. The number of hydrogen-bond acceptors (Lipinski definition) is 22. The van der Waals surface area contributed by atoms with Crippen LogP contribution in [0.15, 0.2) is 67.3 Å². The van der Waals surface area contributed by atoms with E-state index in [1.165, 1.54) is 62.5 Å². The number of fused-ring (bicyclic) bond motifs is 1. The average molecular weight is 1670 g/mol. The summed E-state index contributed by atoms with van der Waals surface area (Å²) in [6.07, 6.45) is 2.45. The van der Waals surface area contributed by atoms with Crippen molar-refractivity contribution in [2.75, 3.05) is 32.8 Å². The van der Waals surface area contributed by atoms with Crippen LogP contribution in [-0.2, 0) is 101 Å². The lowest BCUT2D eigenvalue weighted by molar-refractivity contribution is -0.140. The largest absolute Gasteiger partial charge is 0.508 e. The van der Waals surface area contributed by atoms with Crippen LogP contribution in [0.1, 0.15) is 138 Å². The maximum absolute atomic E-state index is 14.5. The van der Waals surface area contributed by atoms with Gasteiger partial charge >= 0.3 is 0 Å². The number of aliphatic hydroxyl groups is 2. The number of hydrogen-bond donors (Lipinski definition) is 22. The van der Waals surface area contributed by atoms with Crippen LogP contribution >= 0.6 is 0 Å². The van der Waals surface area contributed by atoms with Gasteiger partial charge in [-0.25, -0.2) is 4.98 Å². The van der Waals surface area contributed by atoms with Gasteiger partial charge in [0.25, 0.3) is 0 Å². The summed E-state index contributed by atoms with van der Waals surface area (Å²) in [5, 5.41) is 66.8. The maximum atomic E-state index is 14.5. The van der Waals surface area contributed by atoms with E-state index in [1.807, 2.05) is 6.92 Å². The number of imidazole rings is 1. The Labute approximate surface area is 688 Å². The van der Waals surface area contributed by atoms with Crippen LogP contribution in [0.4, 0.5) is 0 Å². The quantitative estimate of drug-likeness (QED) is 0.0196. The van der Waals surface area contributed by atoms with Crippen LogP contribution in [0.25, 0.3) is 10.9 Å². The molecule has 5 rings (SSSR count). The van der Waals surface area contributed by atoms with Gasteiger partial charge < -0.3 is 122 Å². The minimum Gasteiger partial charge on any atom is -0.508 e. The first-order valence-corrected chi connectivity index (χ1v) is 39.5. The monoisotopic (exact) mass is 1670 g/mol. The Hall–Kier alpha value is -12.1. The summed E-state index contributed by atoms with van der Waals surface area (Å²) in [6.45, 7) is 14.7. The molecule has 4 aromatic rings. The van der Waals surface area contributed by atoms with Crippen LogP contribution in [0, 0.1) is 23.7 Å². The number of primary amides is 2. The number of aromatic nitrogens is 3. The molecule has 0 unspecified atom stereocenters. The second-order valence-corrected chi connectivity index (χ2v) is 30.9. The van der Waals surface area contributed by atoms with Crippen LogP contribution < -0.4 is 91.6 Å². The lowest BCUT2D eigenvalue weighted by atomic mass is 9.98. The molecule has 25 N–H and O–H groups in total. The first-order valence-electron chi connectivity index (χ1n) is 39.5. The van der Waals surface area contributed by atoms with Crippen molar-refractivity contribution in [3.05, 3.63) is 84.1 Å². The molecule has 17 amide bonds. The number of benzene rings is 2. The van der Waals surface area contributed by atoms with Gasteiger partial charge in [0.05, 0.1) is 50.8 Å². The average Bonchev–Trinajstić information content (AvgIpc) is 1.74. The summed E-state index contributed by atoms with van der Waals surface area (Å²) in [6, 6.07) is -5.98. The molecule has 1 saturated heterocycles. The van der Waals surface area contributed by atoms with E-state index in [1.54, 1.807) is 78.9 Å². The van der Waals surface area contributed by atoms with Gasteiger partial charge in [-0.3, -0.25) is 81.5 Å². The number of nitrogens with two attached hydrogens (primary N) is 3. The van der Waals surface area contributed by atoms with Crippen molar-refractivity contribution in [2.24, 2.45) is 40.9 Å². The summed E-state index contributed by atoms with van der Waals surface area (Å²) in [5.74, 6) is -16.9. The van der Waals surface area contributed by atoms with Gasteiger partial charge in [-0.15, -0.1) is 0 Å². The molecule has 41 nitrogen and oxygen atoms in total. The predicted molar refractivity (Wildman–Crippen MR) is 430 cm³/mol. The van der Waals surface area contributed by atoms with Crippen molar-refractivity contribution >= 4 is 111 Å². The molecule has 654 valence electrons. The fourth-order valence-corrected chi connectivity index (χ4v) is 12.9. The minimum atomic E-state index is -1.89. The second-order valence-electron chi connectivity index (χ2n) is 30.9. The molecule has 0 aliphatic carbocycles. The van der Waals surface area contributed by atoms with Crippen molar-refractivity contribution in [3.63, 3.8) is 0 Å². The number of phenolic OH excluding ortho intramolecular Hbond substituents is 1. The molecule has 41 heteroatoms. The van der Waals surface area contributed by atoms with Crippen LogP contribution in [-0.4, -0.2) is 253 Å². The van der Waals surface area contributed by atoms with Crippen LogP contribution in [0.3, 0.4) is 0 Å². The number of nitrogens with one attached hydrogen (secondary N) is 16. The smallest absolute Gasteiger partial charge is 0.245 e. The van der Waals surface area contributed by atoms with Gasteiger partial charge in [0.15, 0.2) is 0 Å². The van der Waals surface area contributed by atoms with Gasteiger partial charge in [-0.05, 0) is 106 Å². The zero-order valence-electron chi connectivity index (χ0n) is 68.8. The van der Waals surface area contributed by atoms with Gasteiger partial charge in [0.1, 0.15) is 84.3 Å². The molecule has 1 fully saturated rings. The number of phenols is 1. The van der Waals surface area contributed by atoms with E-state index in [2.05, 4.69) is 89.4 Å². The topological polar surface area (TPSA) is 645 Å². The Bertz CT molecular complexity index is 4190. The van der Waals surface area contributed by atoms with E-state index < -0.39 is 218 Å². The van der Waals surface area contributed by atoms with Crippen LogP contribution in [0.2, 0.25) is 0 Å². The highest BCUT2D eigenvalue weighted by Gasteiger charge is 2.40. The zero-order valence-corrected chi connectivity index (χ0v) is 68.8. The third-order valence-corrected chi connectivity index (χ3v) is 19.5. The summed E-state index contributed by atoms with van der Waals surface area (Å²) in [5.41, 5.74) is 18.7. The normalized spacial score (nSPS) is 16.1. The molecule has 15 atom stereocenters. The summed E-state index contributed by atoms with van der Waals surface area (Å²) < 4.78 is 0. The fraction of sp³-hybridized carbons (Fsp3) is 0.564. The number of aromatic amines is 2. The fourth-order valence-electron chi connectivity index (χ4n) is 12.9. The van der Waals surface area contributed by atoms with E-state index in [4.69, 9.17) is 17.2 Å². The number of nitrogens with zero attached hydrogens (tertiary/aromatic N) is 2. The molecule has 2 aromatic heterocycles. The molecule has 0 radical (unpaired) electrons. The molecular formula is C78H117N21O20. The van der Waals surface area contributed by atoms with Crippen molar-refractivity contribution in [1.82, 2.24) is 94.3 Å². The van der Waals surface area contributed by atoms with E-state index in [-0.39, 0.29) is 80.9 Å². The van der Waals surface area contributed by atoms with Gasteiger partial charge in [0.2, 0.25) is 100 Å². The molecule has 1 aliphatic heterocycles. The second kappa shape index (κ2) is 47.3. The zero-order chi connectivity index (χ0) is 88.7. The number of likely N-dealkylation sites (tertiary alicyclic amines) is 1. The third-order valence-electron chi connectivity index (χ3n) is 19.5. The van der Waals surface area contributed by atoms with E-state index in [0.717, 1.165) is 10.9 Å². The van der Waals surface area contributed by atoms with Gasteiger partial charge in [-0.2, -0.15) is 0 Å². The Kier molecular flexibility index (Phi) is 38.7. The molecule has 119 heavy (non-hydrogen) atoms. The molecule has 0 saturated carbocycles. The molecule has 2 aromatic carbocycles. The Morgan fingerprint density at radius 3 is 1.57 bits per heavy atom. The standard InChI is InChI=1S/C78H117N21O20/c1-12-41(8)64(66(81)107)97-68(109)43(10)88-70(111)56(29-47-33-82-37-86-47)94-77(118)59-18-15-23-99(59)63(106)35-85-69(110)51(24-38(2)3)91-71(112)52(25-39(4)5)92-73(114)54(27-45-19-21-48(102)22-20-45)90-62(105)34-84-67(108)42(9)87-76(117)58(36-100)96-74(115)57(30-60(80)103)93-72(113)53(26-40(6)7)95-78(119)65(44(11)101)98-75(116)55(89-61(104)31-79)28-46-32-83-50-17-14-13-16-49(46)50/h13-14,16-17,19-22,32-33,37-44,51-59,64-65,83,100-102H,12,15,18,23-31,34-36,79H2,1-11H3,(H2,80,103)(H2,81,107)(H,82,86)(H,84,108)(H,85,110)(H,87,117)(H,88,111)(H,89,104)(H,90,105)(H,91,112)(H,92,114)(H,93,113)(H,94,118)(H,95,119)(H,96,115)(H,97,109)(H,98,116)/t41-,42-,43-,44+,51-,52-,53-,54-,55-,56-,57-,58-,59-,64-,65-/m0/s1. The molecular weight excluding hydrogens is 1550 g/mol. The van der Waals surface area contributed by atoms with Gasteiger partial charge in [0, 0.05) is 49.1 Å². The van der Waals surface area contributed by atoms with Crippen molar-refractivity contribution in [1.29, 1.82) is 0 Å². The lowest BCUT2D eigenvalue weighted by Crippen LogP contribution is -2.62. The molecule has 3 heterocycles. The Balaban J connectivity index is 1.20. The van der Waals surface area contributed by atoms with Crippen molar-refractivity contribution < 1.29 is 96.8 Å². The van der Waals surface area contributed by atoms with Gasteiger partial charge in [-0.1, -0.05) is 92.1 Å². The number of H-pyrrole nitrogens is 2. The summed E-state index contributed by atoms with van der Waals surface area (Å²) in [7, 11) is 0. The molecule has 1 aliphatic rings. The number of rotatable bonds is 48. The first kappa shape index (κ1) is 97.4. The van der Waals surface area contributed by atoms with E-state index in [0.29, 0.717) is 29.7 Å². The van der Waals surface area contributed by atoms with E-state index >= 15 is 0 Å². The van der Waals surface area contributed by atoms with Crippen LogP contribution in [0.5, 0.6) is 5.75 Å². The Morgan fingerprint density at radius 2 is 1.02 bits per heavy atom. The highest BCUT2D eigenvalue weighted by molar-refractivity contribution is 6.01. The van der Waals surface area contributed by atoms with Crippen molar-refractivity contribution in [3.8, 4) is 5.75 Å². The Morgan fingerprint density at radius 1 is 0.521 bits per heavy atom. The number of para-hydroxylation sites is 1. The number of amides is 17. The molecule has 0 bridgehead atoms. The molecule has 0 spiro atoms. The SMILES string of the molecule is CC[C@H](C)[C@H](NC(=O)[C@H](C)NC(=O)[C@H](Cc1c[nH]cn1)NC(=O)[C@@H]1CCCN1C(=O)CNC(=O)[C@H](CC(C)C)NC(=O)[C@H](CC(C)C)NC(=O)[C@H](Cc1ccc(O)cc1)NC(=O)CNC(=O)[C@H](C)NC(=O)[C@H](CO)NC(=O)[C@H](CC(N)=O)NC(=O)[C@H](CC(C)C)NC(=O)[C@@H](NC(=O)[C@H](Cc1c[nH]c2ccccc12)NC(=O)CN)[C@@H](C)O)C(N)=O. The summed E-state index contributed by atoms with van der Waals surface area (Å²) >= 11 is 0. The predicted octanol–water partition coefficient (Wildman–Crippen LogP) is -5.42. The number of carbonyl (C=O) groups is 17. The number of carbonyl (C=O) groups excluding carboxylic acids is 17.